The first-order valence-corrected chi connectivity index (χ1v) is 6.32. The minimum absolute atomic E-state index is 0.0513. The molecule has 0 aliphatic heterocycles. The molecule has 2 rings (SSSR count). The van der Waals surface area contributed by atoms with Crippen LogP contribution >= 0.6 is 0 Å². The first kappa shape index (κ1) is 14.7. The second kappa shape index (κ2) is 5.33. The summed E-state index contributed by atoms with van der Waals surface area (Å²) in [5, 5.41) is 11.1. The van der Waals surface area contributed by atoms with Crippen molar-refractivity contribution < 1.29 is 17.9 Å². The van der Waals surface area contributed by atoms with Crippen molar-refractivity contribution in [1.29, 1.82) is 5.26 Å². The van der Waals surface area contributed by atoms with Crippen LogP contribution in [0.1, 0.15) is 31.4 Å². The van der Waals surface area contributed by atoms with Crippen molar-refractivity contribution in [2.45, 2.75) is 37.5 Å². The molecule has 1 aliphatic carbocycles. The minimum Gasteiger partial charge on any atom is -0.479 e. The highest BCUT2D eigenvalue weighted by molar-refractivity contribution is 5.29. The van der Waals surface area contributed by atoms with E-state index in [9.17, 15) is 13.2 Å². The number of hydrogen-bond donors (Lipinski definition) is 1. The van der Waals surface area contributed by atoms with Gasteiger partial charge in [-0.2, -0.15) is 18.4 Å². The van der Waals surface area contributed by atoms with Crippen molar-refractivity contribution in [3.05, 3.63) is 29.8 Å². The Morgan fingerprint density at radius 3 is 2.40 bits per heavy atom. The van der Waals surface area contributed by atoms with Crippen molar-refractivity contribution in [3.8, 4) is 11.8 Å². The average Bonchev–Trinajstić information content (AvgIpc) is 3.17. The third kappa shape index (κ3) is 3.05. The van der Waals surface area contributed by atoms with Crippen LogP contribution in [-0.4, -0.2) is 18.3 Å². The summed E-state index contributed by atoms with van der Waals surface area (Å²) in [6.45, 7) is 1.65. The van der Waals surface area contributed by atoms with Crippen LogP contribution in [0.3, 0.4) is 0 Å². The second-order valence-corrected chi connectivity index (χ2v) is 4.96. The monoisotopic (exact) mass is 284 g/mol. The number of benzene rings is 1. The van der Waals surface area contributed by atoms with Crippen LogP contribution in [0.5, 0.6) is 5.75 Å². The molecule has 1 aromatic rings. The predicted molar refractivity (Wildman–Crippen MR) is 67.1 cm³/mol. The van der Waals surface area contributed by atoms with Gasteiger partial charge >= 0.3 is 6.18 Å². The van der Waals surface area contributed by atoms with Gasteiger partial charge in [0, 0.05) is 6.04 Å². The normalized spacial score (nSPS) is 18.1. The van der Waals surface area contributed by atoms with E-state index in [-0.39, 0.29) is 19.4 Å². The van der Waals surface area contributed by atoms with Crippen LogP contribution in [0, 0.1) is 11.3 Å². The van der Waals surface area contributed by atoms with E-state index >= 15 is 0 Å². The van der Waals surface area contributed by atoms with Gasteiger partial charge in [0.15, 0.2) is 6.61 Å². The maximum atomic E-state index is 12.9. The summed E-state index contributed by atoms with van der Waals surface area (Å²) >= 11 is 0. The fraction of sp³-hybridized carbons (Fsp3) is 0.500. The molecule has 0 amide bonds. The molecule has 0 radical (unpaired) electrons. The van der Waals surface area contributed by atoms with Crippen molar-refractivity contribution >= 4 is 0 Å². The van der Waals surface area contributed by atoms with Crippen LogP contribution in [0.15, 0.2) is 24.3 Å². The predicted octanol–water partition coefficient (Wildman–Crippen LogP) is 3.33. The highest BCUT2D eigenvalue weighted by Crippen LogP contribution is 2.50. The standard InChI is InChI=1S/C14H15F3N2O/c1-10(19-13(6-7-13)14(15,16)17)11-2-4-12(5-3-11)20-9-8-18/h2-5,10,19H,6-7,9H2,1H3. The van der Waals surface area contributed by atoms with E-state index < -0.39 is 17.8 Å². The Morgan fingerprint density at radius 2 is 1.95 bits per heavy atom. The molecule has 1 unspecified atom stereocenters. The number of hydrogen-bond acceptors (Lipinski definition) is 3. The molecule has 0 spiro atoms. The molecule has 1 fully saturated rings. The van der Waals surface area contributed by atoms with Gasteiger partial charge < -0.3 is 4.74 Å². The number of alkyl halides is 3. The zero-order valence-electron chi connectivity index (χ0n) is 11.0. The van der Waals surface area contributed by atoms with Gasteiger partial charge in [-0.3, -0.25) is 5.32 Å². The molecule has 0 saturated heterocycles. The fourth-order valence-corrected chi connectivity index (χ4v) is 2.10. The minimum atomic E-state index is -4.21. The molecule has 0 aromatic heterocycles. The SMILES string of the molecule is CC(NC1(C(F)(F)F)CC1)c1ccc(OCC#N)cc1. The molecule has 1 saturated carbocycles. The lowest BCUT2D eigenvalue weighted by atomic mass is 10.1. The third-order valence-corrected chi connectivity index (χ3v) is 3.47. The molecule has 1 N–H and O–H groups in total. The Labute approximate surface area is 115 Å². The number of halogens is 3. The maximum Gasteiger partial charge on any atom is 0.406 e. The summed E-state index contributed by atoms with van der Waals surface area (Å²) in [5.74, 6) is 0.527. The van der Waals surface area contributed by atoms with Crippen LogP contribution in [0.4, 0.5) is 13.2 Å². The fourth-order valence-electron chi connectivity index (χ4n) is 2.10. The molecule has 6 heteroatoms. The van der Waals surface area contributed by atoms with Crippen molar-refractivity contribution in [1.82, 2.24) is 5.32 Å². The molecular weight excluding hydrogens is 269 g/mol. The third-order valence-electron chi connectivity index (χ3n) is 3.47. The lowest BCUT2D eigenvalue weighted by Gasteiger charge is -2.25. The number of nitriles is 1. The molecule has 1 aromatic carbocycles. The van der Waals surface area contributed by atoms with Gasteiger partial charge in [-0.25, -0.2) is 0 Å². The van der Waals surface area contributed by atoms with Gasteiger partial charge in [0.1, 0.15) is 17.4 Å². The molecule has 0 bridgehead atoms. The summed E-state index contributed by atoms with van der Waals surface area (Å²) < 4.78 is 43.7. The van der Waals surface area contributed by atoms with Gasteiger partial charge in [0.25, 0.3) is 0 Å². The molecular formula is C14H15F3N2O. The van der Waals surface area contributed by atoms with Crippen LogP contribution in [0.25, 0.3) is 0 Å². The Balaban J connectivity index is 2.00. The Bertz CT molecular complexity index is 501. The van der Waals surface area contributed by atoms with Crippen LogP contribution in [0.2, 0.25) is 0 Å². The average molecular weight is 284 g/mol. The number of rotatable bonds is 5. The van der Waals surface area contributed by atoms with E-state index in [1.807, 2.05) is 6.07 Å². The molecule has 1 atom stereocenters. The number of nitrogens with zero attached hydrogens (tertiary/aromatic N) is 1. The quantitative estimate of drug-likeness (QED) is 0.902. The van der Waals surface area contributed by atoms with Gasteiger partial charge in [-0.15, -0.1) is 0 Å². The first-order valence-electron chi connectivity index (χ1n) is 6.32. The van der Waals surface area contributed by atoms with E-state index in [0.29, 0.717) is 5.75 Å². The number of ether oxygens (including phenoxy) is 1. The zero-order chi connectivity index (χ0) is 14.8. The summed E-state index contributed by atoms with van der Waals surface area (Å²) in [6, 6.07) is 8.16. The maximum absolute atomic E-state index is 12.9. The molecule has 3 nitrogen and oxygen atoms in total. The van der Waals surface area contributed by atoms with E-state index in [0.717, 1.165) is 5.56 Å². The molecule has 108 valence electrons. The Morgan fingerprint density at radius 1 is 1.35 bits per heavy atom. The van der Waals surface area contributed by atoms with Crippen LogP contribution < -0.4 is 10.1 Å². The molecule has 0 heterocycles. The molecule has 1 aliphatic rings. The van der Waals surface area contributed by atoms with E-state index in [2.05, 4.69) is 5.32 Å². The Kier molecular flexibility index (Phi) is 3.91. The highest BCUT2D eigenvalue weighted by Gasteiger charge is 2.63. The summed E-state index contributed by atoms with van der Waals surface area (Å²) in [4.78, 5) is 0. The topological polar surface area (TPSA) is 45.0 Å². The summed E-state index contributed by atoms with van der Waals surface area (Å²) in [7, 11) is 0. The van der Waals surface area contributed by atoms with Gasteiger partial charge in [-0.05, 0) is 37.5 Å². The van der Waals surface area contributed by atoms with Crippen molar-refractivity contribution in [3.63, 3.8) is 0 Å². The largest absolute Gasteiger partial charge is 0.479 e. The van der Waals surface area contributed by atoms with E-state index in [1.54, 1.807) is 31.2 Å². The number of nitrogens with one attached hydrogen (secondary N) is 1. The first-order chi connectivity index (χ1) is 9.38. The van der Waals surface area contributed by atoms with Crippen molar-refractivity contribution in [2.24, 2.45) is 0 Å². The smallest absolute Gasteiger partial charge is 0.406 e. The lowest BCUT2D eigenvalue weighted by molar-refractivity contribution is -0.167. The summed E-state index contributed by atoms with van der Waals surface area (Å²) in [5.41, 5.74) is -0.965. The summed E-state index contributed by atoms with van der Waals surface area (Å²) in [6.07, 6.45) is -3.95. The van der Waals surface area contributed by atoms with E-state index in [1.165, 1.54) is 0 Å². The van der Waals surface area contributed by atoms with Gasteiger partial charge in [-0.1, -0.05) is 12.1 Å². The second-order valence-electron chi connectivity index (χ2n) is 4.96. The van der Waals surface area contributed by atoms with Crippen LogP contribution in [-0.2, 0) is 0 Å². The van der Waals surface area contributed by atoms with Gasteiger partial charge in [0.2, 0.25) is 0 Å². The molecule has 20 heavy (non-hydrogen) atoms. The lowest BCUT2D eigenvalue weighted by Crippen LogP contribution is -2.45. The zero-order valence-corrected chi connectivity index (χ0v) is 11.0. The van der Waals surface area contributed by atoms with Gasteiger partial charge in [0.05, 0.1) is 0 Å². The highest BCUT2D eigenvalue weighted by atomic mass is 19.4. The van der Waals surface area contributed by atoms with Crippen molar-refractivity contribution in [2.75, 3.05) is 6.61 Å². The van der Waals surface area contributed by atoms with E-state index in [4.69, 9.17) is 10.00 Å². The Hall–Kier alpha value is -1.74.